The lowest BCUT2D eigenvalue weighted by atomic mass is 10.1. The second-order valence-corrected chi connectivity index (χ2v) is 6.07. The van der Waals surface area contributed by atoms with Crippen molar-refractivity contribution >= 4 is 34.9 Å². The fraction of sp³-hybridized carbons (Fsp3) is 0.222. The second kappa shape index (κ2) is 8.39. The summed E-state index contributed by atoms with van der Waals surface area (Å²) < 4.78 is 0. The molecular formula is C18H21ClN4O2. The summed E-state index contributed by atoms with van der Waals surface area (Å²) in [5, 5.41) is 6.16. The van der Waals surface area contributed by atoms with Crippen LogP contribution in [0, 0.1) is 6.92 Å². The normalized spacial score (nSPS) is 11.4. The second-order valence-electron chi connectivity index (χ2n) is 5.66. The van der Waals surface area contributed by atoms with E-state index in [0.717, 1.165) is 16.8 Å². The van der Waals surface area contributed by atoms with Crippen molar-refractivity contribution in [3.05, 3.63) is 58.6 Å². The predicted molar refractivity (Wildman–Crippen MR) is 101 cm³/mol. The molecule has 0 radical (unpaired) electrons. The van der Waals surface area contributed by atoms with Gasteiger partial charge in [-0.25, -0.2) is 4.79 Å². The van der Waals surface area contributed by atoms with Gasteiger partial charge in [-0.1, -0.05) is 29.8 Å². The van der Waals surface area contributed by atoms with Gasteiger partial charge < -0.3 is 10.6 Å². The van der Waals surface area contributed by atoms with Gasteiger partial charge in [0.15, 0.2) is 0 Å². The molecular weight excluding hydrogens is 340 g/mol. The highest BCUT2D eigenvalue weighted by molar-refractivity contribution is 6.31. The van der Waals surface area contributed by atoms with Crippen molar-refractivity contribution in [1.29, 1.82) is 0 Å². The van der Waals surface area contributed by atoms with Gasteiger partial charge in [0.25, 0.3) is 0 Å². The van der Waals surface area contributed by atoms with Gasteiger partial charge in [0, 0.05) is 17.6 Å². The van der Waals surface area contributed by atoms with Gasteiger partial charge in [0.2, 0.25) is 5.91 Å². The van der Waals surface area contributed by atoms with Gasteiger partial charge in [-0.15, -0.1) is 0 Å². The maximum Gasteiger partial charge on any atom is 0.333 e. The fourth-order valence-electron chi connectivity index (χ4n) is 2.27. The molecule has 0 aliphatic carbocycles. The largest absolute Gasteiger partial charge is 0.333 e. The molecule has 0 heterocycles. The molecule has 1 atom stereocenters. The number of amides is 3. The molecule has 0 saturated heterocycles. The third-order valence-corrected chi connectivity index (χ3v) is 4.04. The average molecular weight is 361 g/mol. The Labute approximate surface area is 151 Å². The van der Waals surface area contributed by atoms with E-state index >= 15 is 0 Å². The first-order valence-corrected chi connectivity index (χ1v) is 8.20. The molecule has 4 N–H and O–H groups in total. The minimum Gasteiger partial charge on any atom is -0.330 e. The number of urea groups is 1. The van der Waals surface area contributed by atoms with Crippen molar-refractivity contribution in [3.8, 4) is 0 Å². The van der Waals surface area contributed by atoms with E-state index in [2.05, 4.69) is 21.5 Å². The van der Waals surface area contributed by atoms with Crippen molar-refractivity contribution in [1.82, 2.24) is 10.7 Å². The summed E-state index contributed by atoms with van der Waals surface area (Å²) in [5.74, 6) is -0.142. The summed E-state index contributed by atoms with van der Waals surface area (Å²) >= 11 is 6.05. The zero-order valence-electron chi connectivity index (χ0n) is 14.3. The number of benzene rings is 2. The lowest BCUT2D eigenvalue weighted by Gasteiger charge is -2.17. The van der Waals surface area contributed by atoms with Crippen molar-refractivity contribution in [3.63, 3.8) is 0 Å². The van der Waals surface area contributed by atoms with E-state index in [1.54, 1.807) is 18.2 Å². The quantitative estimate of drug-likeness (QED) is 0.608. The Bertz CT molecular complexity index is 779. The minimum atomic E-state index is -0.378. The van der Waals surface area contributed by atoms with Crippen LogP contribution in [0.5, 0.6) is 0 Å². The fourth-order valence-corrected chi connectivity index (χ4v) is 2.45. The molecule has 6 nitrogen and oxygen atoms in total. The van der Waals surface area contributed by atoms with Crippen molar-refractivity contribution in [2.75, 3.05) is 10.7 Å². The standard InChI is InChI=1S/C18H21ClN4O2/c1-11-16(19)8-5-9-17(11)22-23-18(25)20-12(2)14-6-4-7-15(10-14)21-13(3)24/h4-10,12,22H,1-3H3,(H,21,24)(H2,20,23,25). The molecule has 0 saturated carbocycles. The summed E-state index contributed by atoms with van der Waals surface area (Å²) in [6, 6.07) is 12.1. The Hall–Kier alpha value is -2.73. The third kappa shape index (κ3) is 5.39. The van der Waals surface area contributed by atoms with Crippen molar-refractivity contribution in [2.24, 2.45) is 0 Å². The molecule has 3 amide bonds. The zero-order valence-corrected chi connectivity index (χ0v) is 15.1. The smallest absolute Gasteiger partial charge is 0.330 e. The number of hydrogen-bond acceptors (Lipinski definition) is 3. The molecule has 0 bridgehead atoms. The molecule has 25 heavy (non-hydrogen) atoms. The molecule has 0 spiro atoms. The molecule has 0 aliphatic heterocycles. The molecule has 0 aliphatic rings. The van der Waals surface area contributed by atoms with E-state index in [-0.39, 0.29) is 18.0 Å². The van der Waals surface area contributed by atoms with Gasteiger partial charge >= 0.3 is 6.03 Å². The van der Waals surface area contributed by atoms with Crippen LogP contribution in [-0.2, 0) is 4.79 Å². The lowest BCUT2D eigenvalue weighted by molar-refractivity contribution is -0.114. The van der Waals surface area contributed by atoms with Crippen LogP contribution in [0.1, 0.15) is 31.0 Å². The van der Waals surface area contributed by atoms with Crippen LogP contribution in [0.4, 0.5) is 16.2 Å². The van der Waals surface area contributed by atoms with E-state index in [1.165, 1.54) is 6.92 Å². The maximum atomic E-state index is 12.1. The Morgan fingerprint density at radius 3 is 2.56 bits per heavy atom. The first-order chi connectivity index (χ1) is 11.9. The molecule has 132 valence electrons. The number of carbonyl (C=O) groups is 2. The third-order valence-electron chi connectivity index (χ3n) is 3.63. The highest BCUT2D eigenvalue weighted by Crippen LogP contribution is 2.22. The van der Waals surface area contributed by atoms with E-state index < -0.39 is 0 Å². The van der Waals surface area contributed by atoms with Gasteiger partial charge in [0.05, 0.1) is 11.7 Å². The van der Waals surface area contributed by atoms with Crippen LogP contribution in [-0.4, -0.2) is 11.9 Å². The number of rotatable bonds is 5. The van der Waals surface area contributed by atoms with Crippen LogP contribution in [0.2, 0.25) is 5.02 Å². The van der Waals surface area contributed by atoms with Crippen LogP contribution in [0.3, 0.4) is 0 Å². The van der Waals surface area contributed by atoms with Gasteiger partial charge in [0.1, 0.15) is 0 Å². The maximum absolute atomic E-state index is 12.1. The summed E-state index contributed by atoms with van der Waals surface area (Å²) in [4.78, 5) is 23.2. The van der Waals surface area contributed by atoms with Crippen LogP contribution in [0.15, 0.2) is 42.5 Å². The van der Waals surface area contributed by atoms with E-state index in [0.29, 0.717) is 10.7 Å². The molecule has 7 heteroatoms. The topological polar surface area (TPSA) is 82.3 Å². The van der Waals surface area contributed by atoms with Gasteiger partial charge in [-0.2, -0.15) is 0 Å². The Kier molecular flexibility index (Phi) is 6.25. The Morgan fingerprint density at radius 1 is 1.12 bits per heavy atom. The van der Waals surface area contributed by atoms with E-state index in [1.807, 2.05) is 38.1 Å². The molecule has 2 aromatic rings. The van der Waals surface area contributed by atoms with E-state index in [9.17, 15) is 9.59 Å². The minimum absolute atomic E-state index is 0.142. The number of hydrogen-bond donors (Lipinski definition) is 4. The molecule has 0 fully saturated rings. The number of anilines is 2. The summed E-state index contributed by atoms with van der Waals surface area (Å²) in [5.41, 5.74) is 8.57. The van der Waals surface area contributed by atoms with Gasteiger partial charge in [-0.3, -0.25) is 15.6 Å². The number of carbonyl (C=O) groups excluding carboxylic acids is 2. The van der Waals surface area contributed by atoms with Gasteiger partial charge in [-0.05, 0) is 49.2 Å². The lowest BCUT2D eigenvalue weighted by Crippen LogP contribution is -2.40. The number of halogens is 1. The van der Waals surface area contributed by atoms with Crippen LogP contribution in [0.25, 0.3) is 0 Å². The Morgan fingerprint density at radius 2 is 1.84 bits per heavy atom. The van der Waals surface area contributed by atoms with Crippen LogP contribution >= 0.6 is 11.6 Å². The zero-order chi connectivity index (χ0) is 18.4. The summed E-state index contributed by atoms with van der Waals surface area (Å²) in [6.07, 6.45) is 0. The summed E-state index contributed by atoms with van der Waals surface area (Å²) in [6.45, 7) is 5.17. The van der Waals surface area contributed by atoms with Crippen molar-refractivity contribution in [2.45, 2.75) is 26.8 Å². The highest BCUT2D eigenvalue weighted by atomic mass is 35.5. The predicted octanol–water partition coefficient (Wildman–Crippen LogP) is 3.99. The SMILES string of the molecule is CC(=O)Nc1cccc(C(C)NC(=O)NNc2cccc(Cl)c2C)c1. The summed E-state index contributed by atoms with van der Waals surface area (Å²) in [7, 11) is 0. The molecule has 0 aromatic heterocycles. The molecule has 2 rings (SSSR count). The number of nitrogens with one attached hydrogen (secondary N) is 4. The van der Waals surface area contributed by atoms with E-state index in [4.69, 9.17) is 11.6 Å². The molecule has 2 aromatic carbocycles. The Balaban J connectivity index is 1.93. The monoisotopic (exact) mass is 360 g/mol. The molecule has 1 unspecified atom stereocenters. The average Bonchev–Trinajstić information content (AvgIpc) is 2.56. The van der Waals surface area contributed by atoms with Crippen molar-refractivity contribution < 1.29 is 9.59 Å². The first-order valence-electron chi connectivity index (χ1n) is 7.82. The first kappa shape index (κ1) is 18.6. The highest BCUT2D eigenvalue weighted by Gasteiger charge is 2.10. The van der Waals surface area contributed by atoms with Crippen LogP contribution < -0.4 is 21.5 Å². The number of hydrazine groups is 1.